The molecular formula is C25H35NO4. The smallest absolute Gasteiger partial charge is 0.228 e. The molecule has 0 radical (unpaired) electrons. The molecule has 1 unspecified atom stereocenters. The highest BCUT2D eigenvalue weighted by Crippen LogP contribution is 2.56. The highest BCUT2D eigenvalue weighted by atomic mass is 16.3. The summed E-state index contributed by atoms with van der Waals surface area (Å²) in [6, 6.07) is 7.27. The Morgan fingerprint density at radius 2 is 1.70 bits per heavy atom. The van der Waals surface area contributed by atoms with Gasteiger partial charge in [-0.05, 0) is 68.5 Å². The quantitative estimate of drug-likeness (QED) is 0.478. The van der Waals surface area contributed by atoms with Crippen molar-refractivity contribution in [2.45, 2.75) is 65.2 Å². The lowest BCUT2D eigenvalue weighted by Gasteiger charge is -2.36. The number of benzene rings is 1. The van der Waals surface area contributed by atoms with Crippen molar-refractivity contribution in [1.29, 1.82) is 0 Å². The third-order valence-corrected chi connectivity index (χ3v) is 7.05. The summed E-state index contributed by atoms with van der Waals surface area (Å²) in [6.07, 6.45) is 5.16. The second-order valence-corrected chi connectivity index (χ2v) is 9.83. The van der Waals surface area contributed by atoms with Gasteiger partial charge in [-0.1, -0.05) is 38.1 Å². The first kappa shape index (κ1) is 22.8. The van der Waals surface area contributed by atoms with E-state index in [1.165, 1.54) is 0 Å². The van der Waals surface area contributed by atoms with Crippen molar-refractivity contribution in [3.63, 3.8) is 0 Å². The molecule has 1 aliphatic carbocycles. The molecule has 3 rings (SSSR count). The van der Waals surface area contributed by atoms with Gasteiger partial charge in [0.1, 0.15) is 5.78 Å². The molecule has 2 N–H and O–H groups in total. The van der Waals surface area contributed by atoms with Gasteiger partial charge in [0, 0.05) is 30.4 Å². The number of rotatable bonds is 9. The fourth-order valence-corrected chi connectivity index (χ4v) is 5.45. The van der Waals surface area contributed by atoms with Crippen molar-refractivity contribution >= 4 is 17.3 Å². The van der Waals surface area contributed by atoms with E-state index >= 15 is 0 Å². The van der Waals surface area contributed by atoms with E-state index in [0.717, 1.165) is 44.3 Å². The zero-order chi connectivity index (χ0) is 21.8. The molecule has 0 bridgehead atoms. The van der Waals surface area contributed by atoms with Gasteiger partial charge in [-0.15, -0.1) is 0 Å². The number of ketones is 3. The van der Waals surface area contributed by atoms with Crippen LogP contribution in [0, 0.1) is 16.7 Å². The van der Waals surface area contributed by atoms with Gasteiger partial charge < -0.3 is 10.4 Å². The van der Waals surface area contributed by atoms with E-state index in [9.17, 15) is 19.5 Å². The number of carbonyl (C=O) groups is 3. The van der Waals surface area contributed by atoms with Crippen LogP contribution in [0.15, 0.2) is 24.3 Å². The highest BCUT2D eigenvalue weighted by Gasteiger charge is 2.52. The maximum Gasteiger partial charge on any atom is 0.228 e. The number of hydrogen-bond donors (Lipinski definition) is 2. The summed E-state index contributed by atoms with van der Waals surface area (Å²) in [4.78, 5) is 38.8. The molecule has 0 amide bonds. The number of Topliss-reactive ketones (excluding diaryl/α,β-unsaturated/α-hetero) is 3. The van der Waals surface area contributed by atoms with Crippen molar-refractivity contribution < 1.29 is 19.5 Å². The molecule has 1 atom stereocenters. The molecule has 1 spiro atoms. The summed E-state index contributed by atoms with van der Waals surface area (Å²) < 4.78 is 0. The molecule has 1 saturated carbocycles. The van der Waals surface area contributed by atoms with Crippen LogP contribution in [0.1, 0.15) is 74.7 Å². The largest absolute Gasteiger partial charge is 0.396 e. The van der Waals surface area contributed by atoms with E-state index in [-0.39, 0.29) is 30.6 Å². The fraction of sp³-hybridized carbons (Fsp3) is 0.640. The Kier molecular flexibility index (Phi) is 7.25. The lowest BCUT2D eigenvalue weighted by Crippen LogP contribution is -2.39. The van der Waals surface area contributed by atoms with E-state index in [4.69, 9.17) is 0 Å². The molecule has 2 fully saturated rings. The summed E-state index contributed by atoms with van der Waals surface area (Å²) in [5, 5.41) is 12.7. The van der Waals surface area contributed by atoms with Crippen molar-refractivity contribution in [1.82, 2.24) is 5.32 Å². The first-order valence-corrected chi connectivity index (χ1v) is 11.3. The van der Waals surface area contributed by atoms with Crippen LogP contribution in [0.5, 0.6) is 0 Å². The number of piperidine rings is 1. The SMILES string of the molecule is CC(C)Cc1ccc(C(=O)C(=O)CC2(C(=O)CCO)CCC3(CCNCC3)C2)cc1. The maximum atomic E-state index is 13.0. The summed E-state index contributed by atoms with van der Waals surface area (Å²) in [5.74, 6) is -0.526. The predicted molar refractivity (Wildman–Crippen MR) is 116 cm³/mol. The molecule has 5 nitrogen and oxygen atoms in total. The lowest BCUT2D eigenvalue weighted by atomic mass is 9.70. The first-order valence-electron chi connectivity index (χ1n) is 11.3. The Hall–Kier alpha value is -1.85. The minimum atomic E-state index is -0.801. The monoisotopic (exact) mass is 413 g/mol. The molecule has 0 aromatic heterocycles. The summed E-state index contributed by atoms with van der Waals surface area (Å²) in [6.45, 7) is 5.93. The molecule has 30 heavy (non-hydrogen) atoms. The minimum absolute atomic E-state index is 0.0341. The van der Waals surface area contributed by atoms with Gasteiger partial charge in [0.05, 0.1) is 0 Å². The van der Waals surface area contributed by atoms with Gasteiger partial charge in [-0.3, -0.25) is 14.4 Å². The topological polar surface area (TPSA) is 83.5 Å². The molecule has 2 aliphatic rings. The number of nitrogens with one attached hydrogen (secondary N) is 1. The van der Waals surface area contributed by atoms with Crippen LogP contribution < -0.4 is 5.32 Å². The third-order valence-electron chi connectivity index (χ3n) is 7.05. The normalized spacial score (nSPS) is 23.1. The van der Waals surface area contributed by atoms with Crippen LogP contribution in [0.4, 0.5) is 0 Å². The Morgan fingerprint density at radius 1 is 1.03 bits per heavy atom. The van der Waals surface area contributed by atoms with E-state index < -0.39 is 17.0 Å². The minimum Gasteiger partial charge on any atom is -0.396 e. The molecule has 1 heterocycles. The van der Waals surface area contributed by atoms with Gasteiger partial charge in [0.25, 0.3) is 0 Å². The number of carbonyl (C=O) groups excluding carboxylic acids is 3. The molecule has 1 aliphatic heterocycles. The van der Waals surface area contributed by atoms with E-state index in [1.807, 2.05) is 12.1 Å². The van der Waals surface area contributed by atoms with Crippen molar-refractivity contribution in [3.05, 3.63) is 35.4 Å². The number of hydrogen-bond acceptors (Lipinski definition) is 5. The standard InChI is InChI=1S/C25H35NO4/c1-18(2)15-19-3-5-20(6-4-19)23(30)21(28)16-25(22(29)7-14-27)9-8-24(17-25)10-12-26-13-11-24/h3-6,18,26-27H,7-17H2,1-2H3. The first-order chi connectivity index (χ1) is 14.3. The van der Waals surface area contributed by atoms with Gasteiger partial charge in [-0.2, -0.15) is 0 Å². The Labute approximate surface area is 179 Å². The van der Waals surface area contributed by atoms with Crippen LogP contribution in [0.2, 0.25) is 0 Å². The van der Waals surface area contributed by atoms with E-state index in [0.29, 0.717) is 24.3 Å². The van der Waals surface area contributed by atoms with Crippen LogP contribution in [0.3, 0.4) is 0 Å². The van der Waals surface area contributed by atoms with Crippen LogP contribution in [-0.2, 0) is 16.0 Å². The molecule has 1 saturated heterocycles. The van der Waals surface area contributed by atoms with E-state index in [2.05, 4.69) is 19.2 Å². The molecule has 1 aromatic rings. The van der Waals surface area contributed by atoms with Gasteiger partial charge in [-0.25, -0.2) is 0 Å². The zero-order valence-electron chi connectivity index (χ0n) is 18.3. The third kappa shape index (κ3) is 5.06. The number of aliphatic hydroxyl groups excluding tert-OH is 1. The predicted octanol–water partition coefficient (Wildman–Crippen LogP) is 3.52. The highest BCUT2D eigenvalue weighted by molar-refractivity contribution is 6.44. The van der Waals surface area contributed by atoms with Gasteiger partial charge in [0.15, 0.2) is 0 Å². The summed E-state index contributed by atoms with van der Waals surface area (Å²) >= 11 is 0. The summed E-state index contributed by atoms with van der Waals surface area (Å²) in [7, 11) is 0. The van der Waals surface area contributed by atoms with Crippen molar-refractivity contribution in [2.24, 2.45) is 16.7 Å². The van der Waals surface area contributed by atoms with Gasteiger partial charge >= 0.3 is 0 Å². The second-order valence-electron chi connectivity index (χ2n) is 9.83. The molecular weight excluding hydrogens is 378 g/mol. The Balaban J connectivity index is 1.75. The molecule has 164 valence electrons. The Morgan fingerprint density at radius 3 is 2.30 bits per heavy atom. The van der Waals surface area contributed by atoms with Crippen LogP contribution in [0.25, 0.3) is 0 Å². The average Bonchev–Trinajstić information content (AvgIpc) is 3.07. The van der Waals surface area contributed by atoms with Gasteiger partial charge in [0.2, 0.25) is 11.6 Å². The number of aliphatic hydroxyl groups is 1. The summed E-state index contributed by atoms with van der Waals surface area (Å²) in [5.41, 5.74) is 0.821. The van der Waals surface area contributed by atoms with Crippen LogP contribution in [-0.4, -0.2) is 42.2 Å². The fourth-order valence-electron chi connectivity index (χ4n) is 5.45. The average molecular weight is 414 g/mol. The van der Waals surface area contributed by atoms with Crippen molar-refractivity contribution in [3.8, 4) is 0 Å². The lowest BCUT2D eigenvalue weighted by molar-refractivity contribution is -0.133. The van der Waals surface area contributed by atoms with Crippen molar-refractivity contribution in [2.75, 3.05) is 19.7 Å². The van der Waals surface area contributed by atoms with E-state index in [1.54, 1.807) is 12.1 Å². The maximum absolute atomic E-state index is 13.0. The van der Waals surface area contributed by atoms with Crippen LogP contribution >= 0.6 is 0 Å². The zero-order valence-corrected chi connectivity index (χ0v) is 18.3. The second kappa shape index (κ2) is 9.52. The Bertz CT molecular complexity index is 777. The molecule has 1 aromatic carbocycles. The molecule has 5 heteroatoms.